The van der Waals surface area contributed by atoms with Crippen molar-refractivity contribution >= 4 is 17.6 Å². The number of carboxylic acids is 1. The lowest BCUT2D eigenvalue weighted by Gasteiger charge is -2.13. The maximum atomic E-state index is 12.9. The summed E-state index contributed by atoms with van der Waals surface area (Å²) in [4.78, 5) is 23.5. The predicted molar refractivity (Wildman–Crippen MR) is 83.0 cm³/mol. The Morgan fingerprint density at radius 3 is 2.52 bits per heavy atom. The number of hydrogen-bond donors (Lipinski definition) is 2. The lowest BCUT2D eigenvalue weighted by molar-refractivity contribution is -0.140. The van der Waals surface area contributed by atoms with E-state index in [0.717, 1.165) is 0 Å². The summed E-state index contributed by atoms with van der Waals surface area (Å²) in [6, 6.07) is 11.8. The average molecular weight is 317 g/mol. The van der Waals surface area contributed by atoms with Crippen LogP contribution in [0.15, 0.2) is 48.5 Å². The number of aliphatic carboxylic acids is 1. The summed E-state index contributed by atoms with van der Waals surface area (Å²) in [5, 5.41) is 11.9. The number of amides is 1. The van der Waals surface area contributed by atoms with Crippen LogP contribution in [0.2, 0.25) is 0 Å². The fourth-order valence-corrected chi connectivity index (χ4v) is 2.14. The average Bonchev–Trinajstić information content (AvgIpc) is 2.53. The number of methoxy groups -OCH3 is 1. The zero-order valence-electron chi connectivity index (χ0n) is 12.5. The number of anilines is 1. The smallest absolute Gasteiger partial charge is 0.311 e. The van der Waals surface area contributed by atoms with Crippen LogP contribution in [0.25, 0.3) is 0 Å². The van der Waals surface area contributed by atoms with Gasteiger partial charge in [0.15, 0.2) is 0 Å². The van der Waals surface area contributed by atoms with E-state index in [1.165, 1.54) is 31.4 Å². The van der Waals surface area contributed by atoms with E-state index >= 15 is 0 Å². The second-order valence-corrected chi connectivity index (χ2v) is 4.93. The highest BCUT2D eigenvalue weighted by Crippen LogP contribution is 2.22. The highest BCUT2D eigenvalue weighted by Gasteiger charge is 2.23. The normalized spacial score (nSPS) is 11.6. The first kappa shape index (κ1) is 16.5. The van der Waals surface area contributed by atoms with E-state index in [4.69, 9.17) is 4.74 Å². The fourth-order valence-electron chi connectivity index (χ4n) is 2.14. The lowest BCUT2D eigenvalue weighted by Crippen LogP contribution is -2.20. The third kappa shape index (κ3) is 4.54. The molecule has 0 unspecified atom stereocenters. The van der Waals surface area contributed by atoms with Crippen molar-refractivity contribution in [2.24, 2.45) is 0 Å². The minimum Gasteiger partial charge on any atom is -0.497 e. The molecule has 0 bridgehead atoms. The largest absolute Gasteiger partial charge is 0.497 e. The van der Waals surface area contributed by atoms with Gasteiger partial charge in [-0.2, -0.15) is 0 Å². The van der Waals surface area contributed by atoms with Gasteiger partial charge in [0.25, 0.3) is 0 Å². The van der Waals surface area contributed by atoms with Crippen molar-refractivity contribution in [3.8, 4) is 5.75 Å². The van der Waals surface area contributed by atoms with Gasteiger partial charge in [-0.25, -0.2) is 4.39 Å². The second-order valence-electron chi connectivity index (χ2n) is 4.93. The maximum Gasteiger partial charge on any atom is 0.311 e. The molecule has 2 aromatic carbocycles. The van der Waals surface area contributed by atoms with Crippen molar-refractivity contribution < 1.29 is 23.8 Å². The molecule has 6 heteroatoms. The molecule has 0 spiro atoms. The van der Waals surface area contributed by atoms with Gasteiger partial charge in [0, 0.05) is 18.2 Å². The number of carbonyl (C=O) groups is 2. The second kappa shape index (κ2) is 7.40. The van der Waals surface area contributed by atoms with E-state index in [0.29, 0.717) is 17.0 Å². The first-order valence-electron chi connectivity index (χ1n) is 6.92. The quantitative estimate of drug-likeness (QED) is 0.858. The van der Waals surface area contributed by atoms with E-state index in [1.54, 1.807) is 24.3 Å². The van der Waals surface area contributed by atoms with Gasteiger partial charge in [-0.1, -0.05) is 18.2 Å². The molecule has 0 heterocycles. The number of benzene rings is 2. The van der Waals surface area contributed by atoms with Gasteiger partial charge < -0.3 is 15.2 Å². The molecule has 23 heavy (non-hydrogen) atoms. The Hall–Kier alpha value is -2.89. The number of ether oxygens (including phenoxy) is 1. The van der Waals surface area contributed by atoms with Gasteiger partial charge >= 0.3 is 5.97 Å². The predicted octanol–water partition coefficient (Wildman–Crippen LogP) is 3.03. The molecule has 0 aliphatic carbocycles. The molecule has 2 rings (SSSR count). The molecule has 2 N–H and O–H groups in total. The highest BCUT2D eigenvalue weighted by atomic mass is 19.1. The van der Waals surface area contributed by atoms with Gasteiger partial charge in [-0.05, 0) is 29.8 Å². The minimum atomic E-state index is -1.14. The van der Waals surface area contributed by atoms with Crippen LogP contribution in [-0.2, 0) is 9.59 Å². The Morgan fingerprint density at radius 1 is 1.22 bits per heavy atom. The van der Waals surface area contributed by atoms with Crippen molar-refractivity contribution in [2.75, 3.05) is 12.4 Å². The molecule has 2 aromatic rings. The zero-order valence-corrected chi connectivity index (χ0v) is 12.5. The number of hydrogen-bond acceptors (Lipinski definition) is 3. The molecule has 0 saturated heterocycles. The Morgan fingerprint density at radius 2 is 1.91 bits per heavy atom. The molecule has 0 saturated carbocycles. The summed E-state index contributed by atoms with van der Waals surface area (Å²) < 4.78 is 18.0. The zero-order chi connectivity index (χ0) is 16.8. The van der Waals surface area contributed by atoms with E-state index in [9.17, 15) is 19.1 Å². The lowest BCUT2D eigenvalue weighted by atomic mass is 9.95. The molecule has 0 fully saturated rings. The summed E-state index contributed by atoms with van der Waals surface area (Å²) in [6.45, 7) is 0. The van der Waals surface area contributed by atoms with Gasteiger partial charge in [0.1, 0.15) is 11.6 Å². The number of carbonyl (C=O) groups excluding carboxylic acids is 1. The Labute approximate surface area is 132 Å². The molecule has 1 amide bonds. The van der Waals surface area contributed by atoms with E-state index in [-0.39, 0.29) is 6.42 Å². The molecule has 0 aliphatic heterocycles. The standard InChI is InChI=1S/C17H16FNO4/c1-23-14-4-2-3-13(9-14)19-16(20)10-15(17(21)22)11-5-7-12(18)8-6-11/h2-9,15H,10H2,1H3,(H,19,20)(H,21,22)/t15-/m1/s1. The van der Waals surface area contributed by atoms with Crippen LogP contribution >= 0.6 is 0 Å². The summed E-state index contributed by atoms with van der Waals surface area (Å²) >= 11 is 0. The molecule has 5 nitrogen and oxygen atoms in total. The monoisotopic (exact) mass is 317 g/mol. The van der Waals surface area contributed by atoms with Crippen LogP contribution in [0.1, 0.15) is 17.9 Å². The van der Waals surface area contributed by atoms with Gasteiger partial charge in [0.2, 0.25) is 5.91 Å². The van der Waals surface area contributed by atoms with Crippen molar-refractivity contribution in [1.29, 1.82) is 0 Å². The SMILES string of the molecule is COc1cccc(NC(=O)C[C@@H](C(=O)O)c2ccc(F)cc2)c1. The molecule has 0 aliphatic rings. The summed E-state index contributed by atoms with van der Waals surface area (Å²) in [5.41, 5.74) is 0.886. The van der Waals surface area contributed by atoms with Crippen molar-refractivity contribution in [1.82, 2.24) is 0 Å². The van der Waals surface area contributed by atoms with Crippen molar-refractivity contribution in [2.45, 2.75) is 12.3 Å². The number of carboxylic acid groups (broad SMARTS) is 1. The fraction of sp³-hybridized carbons (Fsp3) is 0.176. The summed E-state index contributed by atoms with van der Waals surface area (Å²) in [6.07, 6.45) is -0.252. The van der Waals surface area contributed by atoms with Crippen LogP contribution in [-0.4, -0.2) is 24.1 Å². The van der Waals surface area contributed by atoms with E-state index in [1.807, 2.05) is 0 Å². The van der Waals surface area contributed by atoms with E-state index < -0.39 is 23.6 Å². The van der Waals surface area contributed by atoms with Crippen LogP contribution in [0.5, 0.6) is 5.75 Å². The third-order valence-corrected chi connectivity index (χ3v) is 3.31. The Kier molecular flexibility index (Phi) is 5.30. The van der Waals surface area contributed by atoms with Crippen LogP contribution in [0.3, 0.4) is 0 Å². The highest BCUT2D eigenvalue weighted by molar-refractivity contribution is 5.94. The van der Waals surface area contributed by atoms with Gasteiger partial charge in [0.05, 0.1) is 13.0 Å². The van der Waals surface area contributed by atoms with Gasteiger partial charge in [-0.3, -0.25) is 9.59 Å². The van der Waals surface area contributed by atoms with Gasteiger partial charge in [-0.15, -0.1) is 0 Å². The van der Waals surface area contributed by atoms with Crippen molar-refractivity contribution in [3.05, 3.63) is 59.9 Å². The molecular formula is C17H16FNO4. The summed E-state index contributed by atoms with van der Waals surface area (Å²) in [5.74, 6) is -2.51. The third-order valence-electron chi connectivity index (χ3n) is 3.31. The first-order chi connectivity index (χ1) is 11.0. The Bertz CT molecular complexity index is 700. The van der Waals surface area contributed by atoms with Crippen LogP contribution in [0.4, 0.5) is 10.1 Å². The number of nitrogens with one attached hydrogen (secondary N) is 1. The first-order valence-corrected chi connectivity index (χ1v) is 6.92. The topological polar surface area (TPSA) is 75.6 Å². The molecule has 1 atom stereocenters. The van der Waals surface area contributed by atoms with Crippen LogP contribution < -0.4 is 10.1 Å². The number of rotatable bonds is 6. The molecular weight excluding hydrogens is 301 g/mol. The van der Waals surface area contributed by atoms with Crippen LogP contribution in [0, 0.1) is 5.82 Å². The van der Waals surface area contributed by atoms with E-state index in [2.05, 4.69) is 5.32 Å². The molecule has 0 aromatic heterocycles. The summed E-state index contributed by atoms with van der Waals surface area (Å²) in [7, 11) is 1.51. The Balaban J connectivity index is 2.09. The molecule has 120 valence electrons. The number of halogens is 1. The maximum absolute atomic E-state index is 12.9. The minimum absolute atomic E-state index is 0.252. The molecule has 0 radical (unpaired) electrons. The van der Waals surface area contributed by atoms with Crippen molar-refractivity contribution in [3.63, 3.8) is 0 Å².